The summed E-state index contributed by atoms with van der Waals surface area (Å²) in [5.74, 6) is -0.820. The van der Waals surface area contributed by atoms with Crippen molar-refractivity contribution in [3.8, 4) is 22.9 Å². The average molecular weight is 690 g/mol. The minimum atomic E-state index is -0.860. The van der Waals surface area contributed by atoms with Crippen molar-refractivity contribution >= 4 is 34.9 Å². The molecule has 0 saturated carbocycles. The Hall–Kier alpha value is -4.22. The Labute approximate surface area is 288 Å². The molecule has 0 fully saturated rings. The lowest BCUT2D eigenvalue weighted by molar-refractivity contribution is -0.233. The molecule has 11 heteroatoms. The lowest BCUT2D eigenvalue weighted by Gasteiger charge is -2.36. The summed E-state index contributed by atoms with van der Waals surface area (Å²) in [4.78, 5) is 39.4. The number of benzene rings is 2. The predicted octanol–water partition coefficient (Wildman–Crippen LogP) is 9.24. The van der Waals surface area contributed by atoms with Gasteiger partial charge in [0.05, 0.1) is 5.56 Å². The highest BCUT2D eigenvalue weighted by molar-refractivity contribution is 8.00. The number of allylic oxidation sites excluding steroid dienone is 4. The van der Waals surface area contributed by atoms with Crippen LogP contribution >= 0.6 is 11.8 Å². The number of aromatic nitrogens is 3. The fourth-order valence-electron chi connectivity index (χ4n) is 7.02. The average Bonchev–Trinajstić information content (AvgIpc) is 3.77. The number of hydrogen-bond donors (Lipinski definition) is 3. The van der Waals surface area contributed by atoms with Gasteiger partial charge >= 0.3 is 5.97 Å². The van der Waals surface area contributed by atoms with Crippen molar-refractivity contribution in [1.29, 1.82) is 0 Å². The van der Waals surface area contributed by atoms with Crippen molar-refractivity contribution in [2.75, 3.05) is 5.75 Å². The van der Waals surface area contributed by atoms with Crippen molar-refractivity contribution in [1.82, 2.24) is 15.0 Å². The normalized spacial score (nSPS) is 22.7. The zero-order valence-corrected chi connectivity index (χ0v) is 28.7. The highest BCUT2D eigenvalue weighted by Gasteiger charge is 2.36. The van der Waals surface area contributed by atoms with Gasteiger partial charge in [-0.15, -0.1) is 11.8 Å². The number of halogens is 2. The van der Waals surface area contributed by atoms with Gasteiger partial charge in [0.25, 0.3) is 0 Å². The molecule has 0 spiro atoms. The molecule has 3 N–H and O–H groups in total. The summed E-state index contributed by atoms with van der Waals surface area (Å²) in [5.41, 5.74) is 2.46. The Balaban J connectivity index is 1.45. The summed E-state index contributed by atoms with van der Waals surface area (Å²) in [6.07, 6.45) is 15.2. The SMILES string of the molecule is CC1(C)CCCC(C)(C2=CC=CC(CCC=O)C2)c2cnc([nH]2)-c2cc(ccc2F)Oc2c(F)cc3[nH]ccc3c2CC(C(=O)OO)SC1. The van der Waals surface area contributed by atoms with Gasteiger partial charge in [0, 0.05) is 52.5 Å². The molecule has 6 rings (SSSR count). The van der Waals surface area contributed by atoms with Gasteiger partial charge < -0.3 is 19.5 Å². The second kappa shape index (κ2) is 14.3. The summed E-state index contributed by atoms with van der Waals surface area (Å²) in [6.45, 7) is 6.45. The smallest absolute Gasteiger partial charge is 0.355 e. The molecule has 0 radical (unpaired) electrons. The van der Waals surface area contributed by atoms with E-state index in [-0.39, 0.29) is 34.8 Å². The van der Waals surface area contributed by atoms with Gasteiger partial charge in [-0.2, -0.15) is 5.26 Å². The van der Waals surface area contributed by atoms with Gasteiger partial charge in [-0.05, 0) is 73.5 Å². The molecule has 4 aromatic rings. The first-order chi connectivity index (χ1) is 23.5. The van der Waals surface area contributed by atoms with Crippen LogP contribution in [-0.2, 0) is 26.3 Å². The van der Waals surface area contributed by atoms with Crippen LogP contribution in [0.5, 0.6) is 11.5 Å². The number of carbonyl (C=O) groups is 2. The van der Waals surface area contributed by atoms with Crippen LogP contribution in [0.3, 0.4) is 0 Å². The molecule has 3 unspecified atom stereocenters. The molecule has 1 aliphatic carbocycles. The van der Waals surface area contributed by atoms with Crippen LogP contribution in [0.1, 0.15) is 70.6 Å². The summed E-state index contributed by atoms with van der Waals surface area (Å²) in [7, 11) is 0. The zero-order chi connectivity index (χ0) is 34.8. The van der Waals surface area contributed by atoms with Crippen LogP contribution < -0.4 is 4.74 Å². The van der Waals surface area contributed by atoms with Gasteiger partial charge in [0.15, 0.2) is 11.6 Å². The first-order valence-corrected chi connectivity index (χ1v) is 17.7. The largest absolute Gasteiger partial charge is 0.454 e. The molecule has 49 heavy (non-hydrogen) atoms. The minimum Gasteiger partial charge on any atom is -0.454 e. The number of rotatable bonds is 5. The molecule has 2 aliphatic rings. The number of aldehydes is 1. The summed E-state index contributed by atoms with van der Waals surface area (Å²) in [6, 6.07) is 7.26. The van der Waals surface area contributed by atoms with E-state index < -0.39 is 28.3 Å². The number of imidazole rings is 1. The Bertz CT molecular complexity index is 1910. The first kappa shape index (κ1) is 34.6. The number of fused-ring (bicyclic) bond motifs is 8. The Morgan fingerprint density at radius 1 is 1.16 bits per heavy atom. The van der Waals surface area contributed by atoms with Gasteiger partial charge in [0.1, 0.15) is 28.9 Å². The Morgan fingerprint density at radius 3 is 2.80 bits per heavy atom. The zero-order valence-electron chi connectivity index (χ0n) is 27.9. The number of H-pyrrole nitrogens is 2. The molecular formula is C38H41F2N3O5S. The van der Waals surface area contributed by atoms with Crippen LogP contribution in [0.4, 0.5) is 8.78 Å². The number of thioether (sulfide) groups is 1. The molecule has 2 aromatic heterocycles. The van der Waals surface area contributed by atoms with Gasteiger partial charge in [-0.1, -0.05) is 51.0 Å². The number of ether oxygens (including phenoxy) is 1. The van der Waals surface area contributed by atoms with E-state index in [0.717, 1.165) is 44.1 Å². The third kappa shape index (κ3) is 7.38. The molecule has 1 aliphatic heterocycles. The fourth-order valence-corrected chi connectivity index (χ4v) is 8.28. The van der Waals surface area contributed by atoms with E-state index in [9.17, 15) is 14.8 Å². The van der Waals surface area contributed by atoms with Crippen molar-refractivity contribution in [3.63, 3.8) is 0 Å². The molecule has 3 heterocycles. The summed E-state index contributed by atoms with van der Waals surface area (Å²) >= 11 is 1.35. The standard InChI is InChI=1S/C38H41F2N3O5S/c1-37(2)13-6-14-38(3,24-9-4-7-23(17-24)8-5-16-44)33-21-42-35(43-33)28-18-25(10-11-29(28)39)47-34-27(19-32(49-22-37)36(45)48-46)26-12-15-41-31(26)20-30(34)40/h4,7,9-12,15-16,18,20-21,23,32,41,46H,5-6,8,13-14,17,19,22H2,1-3H3,(H,42,43). The fraction of sp³-hybridized carbons (Fsp3) is 0.395. The van der Waals surface area contributed by atoms with E-state index in [1.54, 1.807) is 18.5 Å². The maximum Gasteiger partial charge on any atom is 0.355 e. The molecule has 258 valence electrons. The van der Waals surface area contributed by atoms with E-state index in [0.29, 0.717) is 34.5 Å². The van der Waals surface area contributed by atoms with E-state index in [4.69, 9.17) is 4.74 Å². The van der Waals surface area contributed by atoms with E-state index in [1.807, 2.05) is 0 Å². The highest BCUT2D eigenvalue weighted by atomic mass is 32.2. The van der Waals surface area contributed by atoms with E-state index >= 15 is 8.78 Å². The van der Waals surface area contributed by atoms with Crippen molar-refractivity contribution in [3.05, 3.63) is 89.4 Å². The topological polar surface area (TPSA) is 117 Å². The maximum absolute atomic E-state index is 15.8. The quantitative estimate of drug-likeness (QED) is 0.109. The number of carbonyl (C=O) groups excluding carboxylic acids is 2. The molecular weight excluding hydrogens is 648 g/mol. The van der Waals surface area contributed by atoms with Gasteiger partial charge in [0.2, 0.25) is 0 Å². The maximum atomic E-state index is 15.8. The van der Waals surface area contributed by atoms with E-state index in [2.05, 4.69) is 58.8 Å². The van der Waals surface area contributed by atoms with Crippen LogP contribution in [0.2, 0.25) is 0 Å². The molecule has 8 nitrogen and oxygen atoms in total. The minimum absolute atomic E-state index is 0.0161. The van der Waals surface area contributed by atoms with Crippen molar-refractivity contribution in [2.45, 2.75) is 76.4 Å². The van der Waals surface area contributed by atoms with Crippen LogP contribution in [0.15, 0.2) is 66.5 Å². The number of nitrogens with zero attached hydrogens (tertiary/aromatic N) is 1. The molecule has 0 amide bonds. The second-order valence-corrected chi connectivity index (χ2v) is 15.2. The third-order valence-corrected chi connectivity index (χ3v) is 11.6. The first-order valence-electron chi connectivity index (χ1n) is 16.6. The predicted molar refractivity (Wildman–Crippen MR) is 187 cm³/mol. The second-order valence-electron chi connectivity index (χ2n) is 14.0. The van der Waals surface area contributed by atoms with Gasteiger partial charge in [-0.3, -0.25) is 4.89 Å². The van der Waals surface area contributed by atoms with Crippen LogP contribution in [0.25, 0.3) is 22.3 Å². The Morgan fingerprint density at radius 2 is 2.00 bits per heavy atom. The summed E-state index contributed by atoms with van der Waals surface area (Å²) in [5, 5.41) is 9.24. The number of hydrogen-bond acceptors (Lipinski definition) is 7. The van der Waals surface area contributed by atoms with Crippen molar-refractivity contribution in [2.24, 2.45) is 11.3 Å². The highest BCUT2D eigenvalue weighted by Crippen LogP contribution is 2.45. The van der Waals surface area contributed by atoms with E-state index in [1.165, 1.54) is 41.6 Å². The molecule has 0 saturated heterocycles. The molecule has 2 aromatic carbocycles. The van der Waals surface area contributed by atoms with Gasteiger partial charge in [-0.25, -0.2) is 18.6 Å². The summed E-state index contributed by atoms with van der Waals surface area (Å²) < 4.78 is 37.4. The lowest BCUT2D eigenvalue weighted by Crippen LogP contribution is -2.29. The monoisotopic (exact) mass is 689 g/mol. The van der Waals surface area contributed by atoms with Crippen LogP contribution in [0, 0.1) is 23.0 Å². The Kier molecular flexibility index (Phi) is 10.1. The van der Waals surface area contributed by atoms with Crippen molar-refractivity contribution < 1.29 is 33.3 Å². The lowest BCUT2D eigenvalue weighted by atomic mass is 9.69. The molecule has 4 bridgehead atoms. The number of aromatic amines is 2. The third-order valence-electron chi connectivity index (χ3n) is 9.92. The number of nitrogens with one attached hydrogen (secondary N) is 2. The van der Waals surface area contributed by atoms with Crippen LogP contribution in [-0.4, -0.2) is 43.5 Å². The molecule has 3 atom stereocenters.